The molecule has 2 aliphatic rings. The fourth-order valence-electron chi connectivity index (χ4n) is 4.26. The second-order valence-electron chi connectivity index (χ2n) is 6.91. The maximum atomic E-state index is 6.84. The topological polar surface area (TPSA) is 9.23 Å². The van der Waals surface area contributed by atoms with Gasteiger partial charge >= 0.3 is 0 Å². The summed E-state index contributed by atoms with van der Waals surface area (Å²) >= 11 is 0. The van der Waals surface area contributed by atoms with Gasteiger partial charge in [0.25, 0.3) is 0 Å². The largest absolute Gasteiger partial charge is 0.328 e. The molecular weight excluding hydrogens is 312 g/mol. The van der Waals surface area contributed by atoms with Crippen LogP contribution in [0.25, 0.3) is 0 Å². The van der Waals surface area contributed by atoms with E-state index in [1.807, 2.05) is 0 Å². The number of hydrogen-bond acceptors (Lipinski definition) is 1. The van der Waals surface area contributed by atoms with Crippen LogP contribution in [-0.4, -0.2) is 12.4 Å². The standard InChI is InChI=1S/C22H26OS/c1-2-24(21-9-5-3-6-10-21,22-11-7-4-8-12-22)23-17-20-16-18-13-14-19(20)15-18/h3-14,18-20H,2,15-17H2,1H3. The molecule has 0 aromatic heterocycles. The van der Waals surface area contributed by atoms with Crippen LogP contribution in [0.4, 0.5) is 0 Å². The van der Waals surface area contributed by atoms with Gasteiger partial charge in [0.05, 0.1) is 6.61 Å². The molecular formula is C22H26OS. The molecule has 2 heteroatoms. The molecule has 24 heavy (non-hydrogen) atoms. The Balaban J connectivity index is 1.64. The molecule has 0 heterocycles. The summed E-state index contributed by atoms with van der Waals surface area (Å²) in [5, 5.41) is 0. The molecule has 0 aliphatic heterocycles. The van der Waals surface area contributed by atoms with Crippen LogP contribution in [-0.2, 0) is 4.18 Å². The summed E-state index contributed by atoms with van der Waals surface area (Å²) in [6.07, 6.45) is 7.49. The Hall–Kier alpha value is -1.51. The third-order valence-electron chi connectivity index (χ3n) is 5.55. The first-order valence-electron chi connectivity index (χ1n) is 9.06. The first-order chi connectivity index (χ1) is 11.8. The van der Waals surface area contributed by atoms with Gasteiger partial charge in [-0.05, 0) is 54.9 Å². The van der Waals surface area contributed by atoms with E-state index in [1.165, 1.54) is 22.6 Å². The van der Waals surface area contributed by atoms with Crippen LogP contribution in [0.2, 0.25) is 0 Å². The van der Waals surface area contributed by atoms with Gasteiger partial charge < -0.3 is 4.18 Å². The summed E-state index contributed by atoms with van der Waals surface area (Å²) in [4.78, 5) is 2.69. The number of hydrogen-bond donors (Lipinski definition) is 0. The molecule has 0 saturated heterocycles. The zero-order chi connectivity index (χ0) is 16.4. The number of allylic oxidation sites excluding steroid dienone is 2. The molecule has 1 saturated carbocycles. The maximum Gasteiger partial charge on any atom is 0.0634 e. The van der Waals surface area contributed by atoms with Crippen LogP contribution in [0.15, 0.2) is 82.6 Å². The molecule has 0 amide bonds. The van der Waals surface area contributed by atoms with Crippen molar-refractivity contribution in [3.8, 4) is 0 Å². The molecule has 3 unspecified atom stereocenters. The van der Waals surface area contributed by atoms with Crippen molar-refractivity contribution >= 4 is 10.3 Å². The van der Waals surface area contributed by atoms with Crippen molar-refractivity contribution in [2.75, 3.05) is 12.4 Å². The lowest BCUT2D eigenvalue weighted by molar-refractivity contribution is 0.249. The fourth-order valence-corrected chi connectivity index (χ4v) is 7.24. The molecule has 126 valence electrons. The second-order valence-corrected chi connectivity index (χ2v) is 10.0. The molecule has 0 radical (unpaired) electrons. The normalized spacial score (nSPS) is 26.0. The zero-order valence-corrected chi connectivity index (χ0v) is 15.1. The summed E-state index contributed by atoms with van der Waals surface area (Å²) in [5.74, 6) is 3.28. The van der Waals surface area contributed by atoms with E-state index < -0.39 is 10.3 Å². The molecule has 2 aromatic carbocycles. The summed E-state index contributed by atoms with van der Waals surface area (Å²) in [6.45, 7) is 3.16. The Morgan fingerprint density at radius 2 is 1.50 bits per heavy atom. The zero-order valence-electron chi connectivity index (χ0n) is 14.3. The third kappa shape index (κ3) is 2.82. The highest BCUT2D eigenvalue weighted by atomic mass is 32.3. The second kappa shape index (κ2) is 6.78. The first-order valence-corrected chi connectivity index (χ1v) is 10.8. The van der Waals surface area contributed by atoms with E-state index in [0.717, 1.165) is 24.2 Å². The van der Waals surface area contributed by atoms with Crippen molar-refractivity contribution in [3.05, 3.63) is 72.8 Å². The SMILES string of the molecule is CCS(OCC1CC2C=CC1C2)(c1ccccc1)c1ccccc1. The third-order valence-corrected chi connectivity index (χ3v) is 8.97. The van der Waals surface area contributed by atoms with Crippen molar-refractivity contribution in [3.63, 3.8) is 0 Å². The minimum atomic E-state index is -1.42. The van der Waals surface area contributed by atoms with Gasteiger partial charge in [-0.3, -0.25) is 0 Å². The molecule has 2 aliphatic carbocycles. The van der Waals surface area contributed by atoms with Gasteiger partial charge in [-0.25, -0.2) is 0 Å². The average Bonchev–Trinajstić information content (AvgIpc) is 3.28. The van der Waals surface area contributed by atoms with Crippen LogP contribution >= 0.6 is 10.3 Å². The molecule has 2 bridgehead atoms. The van der Waals surface area contributed by atoms with Crippen molar-refractivity contribution in [2.24, 2.45) is 17.8 Å². The Morgan fingerprint density at radius 1 is 0.875 bits per heavy atom. The lowest BCUT2D eigenvalue weighted by atomic mass is 9.95. The number of rotatable bonds is 6. The van der Waals surface area contributed by atoms with Gasteiger partial charge in [0.15, 0.2) is 0 Å². The van der Waals surface area contributed by atoms with E-state index in [1.54, 1.807) is 0 Å². The van der Waals surface area contributed by atoms with Gasteiger partial charge in [-0.2, -0.15) is 0 Å². The lowest BCUT2D eigenvalue weighted by Gasteiger charge is -2.40. The minimum Gasteiger partial charge on any atom is -0.328 e. The quantitative estimate of drug-likeness (QED) is 0.581. The van der Waals surface area contributed by atoms with Crippen molar-refractivity contribution in [1.82, 2.24) is 0 Å². The summed E-state index contributed by atoms with van der Waals surface area (Å²) in [5.41, 5.74) is 0. The Bertz CT molecular complexity index is 655. The van der Waals surface area contributed by atoms with E-state index in [-0.39, 0.29) is 0 Å². The highest BCUT2D eigenvalue weighted by Crippen LogP contribution is 2.63. The fraction of sp³-hybridized carbons (Fsp3) is 0.364. The average molecular weight is 339 g/mol. The summed E-state index contributed by atoms with van der Waals surface area (Å²) in [6, 6.07) is 21.7. The van der Waals surface area contributed by atoms with Crippen LogP contribution in [0.3, 0.4) is 0 Å². The molecule has 1 nitrogen and oxygen atoms in total. The van der Waals surface area contributed by atoms with Gasteiger partial charge in [0, 0.05) is 15.5 Å². The number of fused-ring (bicyclic) bond motifs is 2. The Labute approximate surface area is 147 Å². The highest BCUT2D eigenvalue weighted by molar-refractivity contribution is 8.29. The predicted molar refractivity (Wildman–Crippen MR) is 102 cm³/mol. The van der Waals surface area contributed by atoms with E-state index in [2.05, 4.69) is 79.7 Å². The maximum absolute atomic E-state index is 6.84. The van der Waals surface area contributed by atoms with E-state index in [9.17, 15) is 0 Å². The van der Waals surface area contributed by atoms with Crippen LogP contribution in [0.5, 0.6) is 0 Å². The van der Waals surface area contributed by atoms with Crippen molar-refractivity contribution in [1.29, 1.82) is 0 Å². The Kier molecular flexibility index (Phi) is 4.51. The van der Waals surface area contributed by atoms with Crippen LogP contribution in [0, 0.1) is 17.8 Å². The van der Waals surface area contributed by atoms with E-state index >= 15 is 0 Å². The molecule has 1 fully saturated rings. The monoisotopic (exact) mass is 338 g/mol. The number of benzene rings is 2. The van der Waals surface area contributed by atoms with Gasteiger partial charge in [-0.15, -0.1) is 0 Å². The smallest absolute Gasteiger partial charge is 0.0634 e. The first kappa shape index (κ1) is 16.0. The van der Waals surface area contributed by atoms with Gasteiger partial charge in [0.2, 0.25) is 0 Å². The lowest BCUT2D eigenvalue weighted by Crippen LogP contribution is -2.18. The predicted octanol–water partition coefficient (Wildman–Crippen LogP) is 6.07. The van der Waals surface area contributed by atoms with Crippen LogP contribution < -0.4 is 0 Å². The highest BCUT2D eigenvalue weighted by Gasteiger charge is 2.37. The molecule has 4 rings (SSSR count). The summed E-state index contributed by atoms with van der Waals surface area (Å²) < 4.78 is 6.84. The molecule has 0 N–H and O–H groups in total. The molecule has 0 spiro atoms. The molecule has 2 aromatic rings. The van der Waals surface area contributed by atoms with Gasteiger partial charge in [-0.1, -0.05) is 65.8 Å². The minimum absolute atomic E-state index is 0.700. The van der Waals surface area contributed by atoms with Gasteiger partial charge in [0.1, 0.15) is 0 Å². The van der Waals surface area contributed by atoms with Crippen molar-refractivity contribution < 1.29 is 4.18 Å². The molecule has 3 atom stereocenters. The van der Waals surface area contributed by atoms with E-state index in [0.29, 0.717) is 5.92 Å². The van der Waals surface area contributed by atoms with Crippen LogP contribution in [0.1, 0.15) is 19.8 Å². The van der Waals surface area contributed by atoms with Crippen molar-refractivity contribution in [2.45, 2.75) is 29.6 Å². The summed E-state index contributed by atoms with van der Waals surface area (Å²) in [7, 11) is -1.42. The van der Waals surface area contributed by atoms with E-state index in [4.69, 9.17) is 4.18 Å². The Morgan fingerprint density at radius 3 is 1.96 bits per heavy atom.